The highest BCUT2D eigenvalue weighted by atomic mass is 19.4. The molecule has 1 aliphatic heterocycles. The molecule has 2 rings (SSSR count). The van der Waals surface area contributed by atoms with Crippen LogP contribution in [0.25, 0.3) is 0 Å². The first-order valence-electron chi connectivity index (χ1n) is 7.12. The van der Waals surface area contributed by atoms with Crippen LogP contribution < -0.4 is 0 Å². The minimum absolute atomic E-state index is 0.0671. The third kappa shape index (κ3) is 4.19. The summed E-state index contributed by atoms with van der Waals surface area (Å²) in [5.41, 5.74) is -1.80. The van der Waals surface area contributed by atoms with Crippen molar-refractivity contribution in [3.63, 3.8) is 0 Å². The van der Waals surface area contributed by atoms with Crippen LogP contribution in [0.15, 0.2) is 6.07 Å². The Morgan fingerprint density at radius 1 is 1.20 bits per heavy atom. The van der Waals surface area contributed by atoms with Crippen LogP contribution >= 0.6 is 0 Å². The van der Waals surface area contributed by atoms with Crippen molar-refractivity contribution >= 4 is 18.0 Å². The Hall–Kier alpha value is -2.79. The molecule has 138 valence electrons. The largest absolute Gasteiger partial charge is 0.465 e. The summed E-state index contributed by atoms with van der Waals surface area (Å²) in [5, 5.41) is 12.3. The lowest BCUT2D eigenvalue weighted by atomic mass is 10.3. The standard InChI is InChI=1S/C13H15F3N4O5/c1-25-11(22)8-6-9(13(14,15)16)20(17-8)7-10(21)18-2-4-19(5-3-18)12(23)24/h6H,2-5,7H2,1H3,(H,23,24). The van der Waals surface area contributed by atoms with E-state index in [-0.39, 0.29) is 26.2 Å². The fourth-order valence-corrected chi connectivity index (χ4v) is 2.35. The van der Waals surface area contributed by atoms with Crippen molar-refractivity contribution in [3.8, 4) is 0 Å². The van der Waals surface area contributed by atoms with Gasteiger partial charge in [0.15, 0.2) is 5.69 Å². The number of hydrogen-bond donors (Lipinski definition) is 1. The second-order valence-electron chi connectivity index (χ2n) is 5.21. The summed E-state index contributed by atoms with van der Waals surface area (Å²) in [4.78, 5) is 36.7. The summed E-state index contributed by atoms with van der Waals surface area (Å²) < 4.78 is 43.9. The van der Waals surface area contributed by atoms with Crippen molar-refractivity contribution < 1.29 is 37.4 Å². The van der Waals surface area contributed by atoms with Gasteiger partial charge < -0.3 is 19.6 Å². The number of ether oxygens (including phenoxy) is 1. The number of carboxylic acid groups (broad SMARTS) is 1. The number of esters is 1. The molecule has 0 aliphatic carbocycles. The van der Waals surface area contributed by atoms with Gasteiger partial charge in [-0.2, -0.15) is 18.3 Å². The van der Waals surface area contributed by atoms with Gasteiger partial charge in [0.1, 0.15) is 12.2 Å². The van der Waals surface area contributed by atoms with E-state index in [1.165, 1.54) is 4.90 Å². The number of piperazine rings is 1. The molecule has 1 N–H and O–H groups in total. The average molecular weight is 364 g/mol. The molecule has 2 heterocycles. The first kappa shape index (κ1) is 18.5. The van der Waals surface area contributed by atoms with Crippen molar-refractivity contribution in [1.29, 1.82) is 0 Å². The molecule has 25 heavy (non-hydrogen) atoms. The van der Waals surface area contributed by atoms with Crippen LogP contribution in [-0.2, 0) is 22.3 Å². The zero-order valence-electron chi connectivity index (χ0n) is 13.1. The maximum absolute atomic E-state index is 13.1. The van der Waals surface area contributed by atoms with E-state index in [0.29, 0.717) is 10.7 Å². The van der Waals surface area contributed by atoms with E-state index < -0.39 is 42.1 Å². The lowest BCUT2D eigenvalue weighted by Crippen LogP contribution is -2.51. The zero-order valence-corrected chi connectivity index (χ0v) is 13.1. The Labute approximate surface area is 139 Å². The zero-order chi connectivity index (χ0) is 18.8. The third-order valence-corrected chi connectivity index (χ3v) is 3.65. The molecule has 1 fully saturated rings. The number of nitrogens with zero attached hydrogens (tertiary/aromatic N) is 4. The number of carbonyl (C=O) groups excluding carboxylic acids is 2. The van der Waals surface area contributed by atoms with E-state index >= 15 is 0 Å². The molecule has 1 aromatic rings. The Balaban J connectivity index is 2.13. The molecule has 0 spiro atoms. The van der Waals surface area contributed by atoms with Crippen molar-refractivity contribution in [1.82, 2.24) is 19.6 Å². The van der Waals surface area contributed by atoms with Crippen molar-refractivity contribution in [2.75, 3.05) is 33.3 Å². The van der Waals surface area contributed by atoms with Gasteiger partial charge in [-0.25, -0.2) is 9.59 Å². The molecule has 0 atom stereocenters. The van der Waals surface area contributed by atoms with Crippen LogP contribution in [0.1, 0.15) is 16.2 Å². The number of aromatic nitrogens is 2. The molecule has 0 bridgehead atoms. The van der Waals surface area contributed by atoms with Gasteiger partial charge in [-0.3, -0.25) is 9.48 Å². The highest BCUT2D eigenvalue weighted by Crippen LogP contribution is 2.30. The molecule has 1 saturated heterocycles. The fourth-order valence-electron chi connectivity index (χ4n) is 2.35. The molecule has 12 heteroatoms. The quantitative estimate of drug-likeness (QED) is 0.784. The Bertz CT molecular complexity index is 680. The number of methoxy groups -OCH3 is 1. The Morgan fingerprint density at radius 3 is 2.24 bits per heavy atom. The Morgan fingerprint density at radius 2 is 1.76 bits per heavy atom. The number of amides is 2. The van der Waals surface area contributed by atoms with Crippen LogP contribution in [0, 0.1) is 0 Å². The van der Waals surface area contributed by atoms with Gasteiger partial charge in [-0.15, -0.1) is 0 Å². The van der Waals surface area contributed by atoms with E-state index in [2.05, 4.69) is 9.84 Å². The summed E-state index contributed by atoms with van der Waals surface area (Å²) in [7, 11) is 1.00. The predicted octanol–water partition coefficient (Wildman–Crippen LogP) is 0.511. The SMILES string of the molecule is COC(=O)c1cc(C(F)(F)F)n(CC(=O)N2CCN(C(=O)O)CC2)n1. The van der Waals surface area contributed by atoms with Gasteiger partial charge in [0.05, 0.1) is 7.11 Å². The number of halogens is 3. The fraction of sp³-hybridized carbons (Fsp3) is 0.538. The summed E-state index contributed by atoms with van der Waals surface area (Å²) in [6.45, 7) is -0.451. The summed E-state index contributed by atoms with van der Waals surface area (Å²) in [5.74, 6) is -1.71. The summed E-state index contributed by atoms with van der Waals surface area (Å²) in [6, 6.07) is 0.515. The van der Waals surface area contributed by atoms with E-state index in [1.807, 2.05) is 0 Å². The predicted molar refractivity (Wildman–Crippen MR) is 74.7 cm³/mol. The molecular formula is C13H15F3N4O5. The Kier molecular flexibility index (Phi) is 5.18. The van der Waals surface area contributed by atoms with Gasteiger partial charge in [-0.05, 0) is 0 Å². The number of carbonyl (C=O) groups is 3. The second kappa shape index (κ2) is 6.99. The second-order valence-corrected chi connectivity index (χ2v) is 5.21. The first-order chi connectivity index (χ1) is 11.6. The highest BCUT2D eigenvalue weighted by Gasteiger charge is 2.37. The van der Waals surface area contributed by atoms with Gasteiger partial charge in [0.2, 0.25) is 5.91 Å². The van der Waals surface area contributed by atoms with Crippen molar-refractivity contribution in [2.24, 2.45) is 0 Å². The van der Waals surface area contributed by atoms with Crippen LogP contribution in [0.2, 0.25) is 0 Å². The molecule has 2 amide bonds. The third-order valence-electron chi connectivity index (χ3n) is 3.65. The monoisotopic (exact) mass is 364 g/mol. The number of hydrogen-bond acceptors (Lipinski definition) is 5. The van der Waals surface area contributed by atoms with E-state index in [4.69, 9.17) is 5.11 Å². The number of alkyl halides is 3. The molecule has 0 radical (unpaired) electrons. The van der Waals surface area contributed by atoms with Crippen LogP contribution in [0.5, 0.6) is 0 Å². The topological polar surface area (TPSA) is 105 Å². The van der Waals surface area contributed by atoms with Crippen LogP contribution in [0.3, 0.4) is 0 Å². The van der Waals surface area contributed by atoms with Crippen LogP contribution in [0.4, 0.5) is 18.0 Å². The normalized spacial score (nSPS) is 15.2. The molecule has 1 aliphatic rings. The van der Waals surface area contributed by atoms with E-state index in [9.17, 15) is 27.6 Å². The smallest absolute Gasteiger partial charge is 0.433 e. The molecule has 9 nitrogen and oxygen atoms in total. The average Bonchev–Trinajstić information content (AvgIpc) is 2.98. The summed E-state index contributed by atoms with van der Waals surface area (Å²) >= 11 is 0. The molecule has 0 unspecified atom stereocenters. The maximum Gasteiger partial charge on any atom is 0.433 e. The molecule has 0 saturated carbocycles. The highest BCUT2D eigenvalue weighted by molar-refractivity contribution is 5.87. The lowest BCUT2D eigenvalue weighted by Gasteiger charge is -2.33. The maximum atomic E-state index is 13.1. The summed E-state index contributed by atoms with van der Waals surface area (Å²) in [6.07, 6.45) is -5.93. The van der Waals surface area contributed by atoms with Gasteiger partial charge in [0, 0.05) is 32.2 Å². The molecule has 0 aromatic carbocycles. The lowest BCUT2D eigenvalue weighted by molar-refractivity contribution is -0.146. The molecular weight excluding hydrogens is 349 g/mol. The number of rotatable bonds is 3. The van der Waals surface area contributed by atoms with Gasteiger partial charge in [-0.1, -0.05) is 0 Å². The van der Waals surface area contributed by atoms with Crippen molar-refractivity contribution in [2.45, 2.75) is 12.7 Å². The van der Waals surface area contributed by atoms with E-state index in [0.717, 1.165) is 12.0 Å². The van der Waals surface area contributed by atoms with Crippen molar-refractivity contribution in [3.05, 3.63) is 17.5 Å². The minimum atomic E-state index is -4.80. The molecule has 1 aromatic heterocycles. The van der Waals surface area contributed by atoms with Gasteiger partial charge in [0.25, 0.3) is 0 Å². The van der Waals surface area contributed by atoms with E-state index in [1.54, 1.807) is 0 Å². The first-order valence-corrected chi connectivity index (χ1v) is 7.12. The minimum Gasteiger partial charge on any atom is -0.465 e. The van der Waals surface area contributed by atoms with Crippen LogP contribution in [-0.4, -0.2) is 75.9 Å². The van der Waals surface area contributed by atoms with Gasteiger partial charge >= 0.3 is 18.2 Å².